The molecule has 122 valence electrons. The molecule has 0 amide bonds. The Morgan fingerprint density at radius 3 is 2.87 bits per heavy atom. The fraction of sp³-hybridized carbons (Fsp3) is 0.444. The van der Waals surface area contributed by atoms with Gasteiger partial charge in [0.1, 0.15) is 5.76 Å². The van der Waals surface area contributed by atoms with Gasteiger partial charge in [0.2, 0.25) is 0 Å². The van der Waals surface area contributed by atoms with Gasteiger partial charge in [-0.05, 0) is 37.1 Å². The van der Waals surface area contributed by atoms with Crippen LogP contribution in [0.3, 0.4) is 0 Å². The van der Waals surface area contributed by atoms with Crippen LogP contribution in [0.2, 0.25) is 0 Å². The van der Waals surface area contributed by atoms with E-state index in [9.17, 15) is 0 Å². The van der Waals surface area contributed by atoms with Gasteiger partial charge in [-0.25, -0.2) is 4.99 Å². The lowest BCUT2D eigenvalue weighted by atomic mass is 10.2. The average Bonchev–Trinajstić information content (AvgIpc) is 3.27. The molecule has 1 saturated carbocycles. The molecule has 2 aromatic rings. The molecule has 0 unspecified atom stereocenters. The van der Waals surface area contributed by atoms with Gasteiger partial charge in [-0.15, -0.1) is 0 Å². The number of rotatable bonds is 6. The SMILES string of the molecule is c1ccc(CN=C(NCCc2ccco2)NC2CCCC2)nc1. The van der Waals surface area contributed by atoms with Crippen LogP contribution in [0.1, 0.15) is 37.1 Å². The zero-order chi connectivity index (χ0) is 15.7. The number of aromatic nitrogens is 1. The number of nitrogens with one attached hydrogen (secondary N) is 2. The van der Waals surface area contributed by atoms with Crippen molar-refractivity contribution in [3.8, 4) is 0 Å². The van der Waals surface area contributed by atoms with Gasteiger partial charge in [-0.3, -0.25) is 4.98 Å². The quantitative estimate of drug-likeness (QED) is 0.636. The molecule has 1 fully saturated rings. The van der Waals surface area contributed by atoms with E-state index < -0.39 is 0 Å². The number of hydrogen-bond acceptors (Lipinski definition) is 3. The van der Waals surface area contributed by atoms with Crippen molar-refractivity contribution in [3.63, 3.8) is 0 Å². The van der Waals surface area contributed by atoms with E-state index in [2.05, 4.69) is 20.6 Å². The van der Waals surface area contributed by atoms with Crippen LogP contribution in [-0.2, 0) is 13.0 Å². The molecule has 0 radical (unpaired) electrons. The summed E-state index contributed by atoms with van der Waals surface area (Å²) in [6, 6.07) is 10.4. The van der Waals surface area contributed by atoms with E-state index in [0.29, 0.717) is 12.6 Å². The van der Waals surface area contributed by atoms with Crippen molar-refractivity contribution in [3.05, 3.63) is 54.2 Å². The number of guanidine groups is 1. The molecular weight excluding hydrogens is 288 g/mol. The number of aliphatic imine (C=N–C) groups is 1. The van der Waals surface area contributed by atoms with Crippen LogP contribution in [0.4, 0.5) is 0 Å². The third kappa shape index (κ3) is 5.13. The van der Waals surface area contributed by atoms with Crippen molar-refractivity contribution in [1.82, 2.24) is 15.6 Å². The Morgan fingerprint density at radius 1 is 1.22 bits per heavy atom. The van der Waals surface area contributed by atoms with Gasteiger partial charge in [0.25, 0.3) is 0 Å². The molecule has 2 N–H and O–H groups in total. The monoisotopic (exact) mass is 312 g/mol. The van der Waals surface area contributed by atoms with E-state index in [-0.39, 0.29) is 0 Å². The molecule has 0 spiro atoms. The Kier molecular flexibility index (Phi) is 5.67. The molecule has 0 saturated heterocycles. The van der Waals surface area contributed by atoms with Gasteiger partial charge >= 0.3 is 0 Å². The highest BCUT2D eigenvalue weighted by Crippen LogP contribution is 2.17. The normalized spacial score (nSPS) is 15.7. The fourth-order valence-corrected chi connectivity index (χ4v) is 2.83. The second-order valence-electron chi connectivity index (χ2n) is 5.87. The highest BCUT2D eigenvalue weighted by atomic mass is 16.3. The lowest BCUT2D eigenvalue weighted by Crippen LogP contribution is -2.43. The van der Waals surface area contributed by atoms with Gasteiger partial charge in [0.05, 0.1) is 18.5 Å². The number of pyridine rings is 1. The van der Waals surface area contributed by atoms with Crippen LogP contribution < -0.4 is 10.6 Å². The van der Waals surface area contributed by atoms with Gasteiger partial charge in [0, 0.05) is 25.2 Å². The summed E-state index contributed by atoms with van der Waals surface area (Å²) < 4.78 is 5.37. The smallest absolute Gasteiger partial charge is 0.191 e. The molecule has 5 heteroatoms. The first-order valence-electron chi connectivity index (χ1n) is 8.37. The number of hydrogen-bond donors (Lipinski definition) is 2. The summed E-state index contributed by atoms with van der Waals surface area (Å²) in [5.41, 5.74) is 0.978. The summed E-state index contributed by atoms with van der Waals surface area (Å²) in [7, 11) is 0. The zero-order valence-electron chi connectivity index (χ0n) is 13.4. The van der Waals surface area contributed by atoms with E-state index in [0.717, 1.165) is 30.4 Å². The lowest BCUT2D eigenvalue weighted by molar-refractivity contribution is 0.506. The first-order valence-corrected chi connectivity index (χ1v) is 8.37. The highest BCUT2D eigenvalue weighted by Gasteiger charge is 2.16. The summed E-state index contributed by atoms with van der Waals surface area (Å²) in [5.74, 6) is 1.86. The molecule has 2 heterocycles. The van der Waals surface area contributed by atoms with Crippen molar-refractivity contribution in [2.45, 2.75) is 44.7 Å². The van der Waals surface area contributed by atoms with Crippen LogP contribution in [0, 0.1) is 0 Å². The molecule has 5 nitrogen and oxygen atoms in total. The number of nitrogens with zero attached hydrogens (tertiary/aromatic N) is 2. The highest BCUT2D eigenvalue weighted by molar-refractivity contribution is 5.80. The Hall–Kier alpha value is -2.30. The maximum Gasteiger partial charge on any atom is 0.191 e. The first kappa shape index (κ1) is 15.6. The molecule has 0 bridgehead atoms. The summed E-state index contributed by atoms with van der Waals surface area (Å²) in [5, 5.41) is 6.95. The maximum atomic E-state index is 5.37. The zero-order valence-corrected chi connectivity index (χ0v) is 13.4. The molecule has 0 aromatic carbocycles. The molecular formula is C18H24N4O. The van der Waals surface area contributed by atoms with Crippen LogP contribution in [0.5, 0.6) is 0 Å². The lowest BCUT2D eigenvalue weighted by Gasteiger charge is -2.17. The summed E-state index contributed by atoms with van der Waals surface area (Å²) in [6.07, 6.45) is 9.42. The predicted molar refractivity (Wildman–Crippen MR) is 91.2 cm³/mol. The molecule has 3 rings (SSSR count). The van der Waals surface area contributed by atoms with Crippen LogP contribution in [0.15, 0.2) is 52.2 Å². The van der Waals surface area contributed by atoms with Crippen LogP contribution in [0.25, 0.3) is 0 Å². The van der Waals surface area contributed by atoms with Crippen molar-refractivity contribution in [1.29, 1.82) is 0 Å². The minimum absolute atomic E-state index is 0.536. The number of furan rings is 1. The van der Waals surface area contributed by atoms with Gasteiger partial charge in [-0.2, -0.15) is 0 Å². The fourth-order valence-electron chi connectivity index (χ4n) is 2.83. The Bertz CT molecular complexity index is 589. The van der Waals surface area contributed by atoms with Crippen LogP contribution >= 0.6 is 0 Å². The molecule has 23 heavy (non-hydrogen) atoms. The largest absolute Gasteiger partial charge is 0.469 e. The Balaban J connectivity index is 1.55. The van der Waals surface area contributed by atoms with E-state index in [1.54, 1.807) is 12.5 Å². The van der Waals surface area contributed by atoms with Crippen molar-refractivity contribution >= 4 is 5.96 Å². The molecule has 0 atom stereocenters. The van der Waals surface area contributed by atoms with Crippen molar-refractivity contribution in [2.24, 2.45) is 4.99 Å². The van der Waals surface area contributed by atoms with E-state index >= 15 is 0 Å². The third-order valence-corrected chi connectivity index (χ3v) is 4.07. The van der Waals surface area contributed by atoms with Gasteiger partial charge < -0.3 is 15.1 Å². The minimum atomic E-state index is 0.536. The van der Waals surface area contributed by atoms with Gasteiger partial charge in [-0.1, -0.05) is 18.9 Å². The van der Waals surface area contributed by atoms with E-state index in [4.69, 9.17) is 4.42 Å². The third-order valence-electron chi connectivity index (χ3n) is 4.07. The molecule has 2 aromatic heterocycles. The maximum absolute atomic E-state index is 5.37. The second kappa shape index (κ2) is 8.36. The summed E-state index contributed by atoms with van der Waals surface area (Å²) in [4.78, 5) is 9.00. The van der Waals surface area contributed by atoms with Crippen LogP contribution in [-0.4, -0.2) is 23.5 Å². The summed E-state index contributed by atoms with van der Waals surface area (Å²) >= 11 is 0. The average molecular weight is 312 g/mol. The standard InChI is InChI=1S/C18H24N4O/c1-2-7-15(6-1)22-18(20-12-10-17-9-5-13-23-17)21-14-16-8-3-4-11-19-16/h3-5,8-9,11,13,15H,1-2,6-7,10,12,14H2,(H2,20,21,22). The van der Waals surface area contributed by atoms with E-state index in [1.807, 2.05) is 30.3 Å². The Labute approximate surface area is 137 Å². The minimum Gasteiger partial charge on any atom is -0.469 e. The second-order valence-corrected chi connectivity index (χ2v) is 5.87. The van der Waals surface area contributed by atoms with Crippen molar-refractivity contribution in [2.75, 3.05) is 6.54 Å². The molecule has 1 aliphatic carbocycles. The first-order chi connectivity index (χ1) is 11.4. The van der Waals surface area contributed by atoms with E-state index in [1.165, 1.54) is 25.7 Å². The topological polar surface area (TPSA) is 62.5 Å². The van der Waals surface area contributed by atoms with Gasteiger partial charge in [0.15, 0.2) is 5.96 Å². The Morgan fingerprint density at radius 2 is 2.13 bits per heavy atom. The predicted octanol–water partition coefficient (Wildman–Crippen LogP) is 2.90. The van der Waals surface area contributed by atoms with Crippen molar-refractivity contribution < 1.29 is 4.42 Å². The summed E-state index contributed by atoms with van der Waals surface area (Å²) in [6.45, 7) is 1.39. The molecule has 1 aliphatic rings. The molecule has 0 aliphatic heterocycles.